The predicted molar refractivity (Wildman–Crippen MR) is 84.6 cm³/mol. The van der Waals surface area contributed by atoms with E-state index in [0.717, 1.165) is 18.3 Å². The molecule has 2 fully saturated rings. The average Bonchev–Trinajstić information content (AvgIpc) is 2.78. The number of aromatic nitrogens is 1. The summed E-state index contributed by atoms with van der Waals surface area (Å²) in [5.74, 6) is 0. The van der Waals surface area contributed by atoms with Crippen LogP contribution < -0.4 is 5.73 Å². The summed E-state index contributed by atoms with van der Waals surface area (Å²) in [5.41, 5.74) is 7.65. The Hall–Kier alpha value is -1.04. The molecular weight excluding hydrogens is 268 g/mol. The zero-order chi connectivity index (χ0) is 13.9. The lowest BCUT2D eigenvalue weighted by Crippen LogP contribution is -2.36. The van der Waals surface area contributed by atoms with Gasteiger partial charge in [-0.15, -0.1) is 0 Å². The van der Waals surface area contributed by atoms with Crippen molar-refractivity contribution in [2.45, 2.75) is 31.8 Å². The van der Waals surface area contributed by atoms with E-state index in [2.05, 4.69) is 20.9 Å². The Morgan fingerprint density at radius 3 is 3.05 bits per heavy atom. The Kier molecular flexibility index (Phi) is 4.29. The van der Waals surface area contributed by atoms with Crippen molar-refractivity contribution < 1.29 is 0 Å². The van der Waals surface area contributed by atoms with Crippen LogP contribution in [-0.2, 0) is 6.54 Å². The highest BCUT2D eigenvalue weighted by atomic mass is 32.1. The third-order valence-corrected chi connectivity index (χ3v) is 4.58. The second-order valence-corrected chi connectivity index (χ2v) is 6.27. The van der Waals surface area contributed by atoms with Gasteiger partial charge in [-0.25, -0.2) is 0 Å². The van der Waals surface area contributed by atoms with Crippen molar-refractivity contribution >= 4 is 17.2 Å². The molecule has 3 rings (SSSR count). The zero-order valence-electron chi connectivity index (χ0n) is 11.8. The summed E-state index contributed by atoms with van der Waals surface area (Å²) in [6, 6.07) is 4.85. The summed E-state index contributed by atoms with van der Waals surface area (Å²) >= 11 is 5.00. The fraction of sp³-hybridized carbons (Fsp3) is 0.600. The molecule has 3 heterocycles. The first-order valence-electron chi connectivity index (χ1n) is 7.43. The van der Waals surface area contributed by atoms with Crippen LogP contribution in [0.15, 0.2) is 18.3 Å². The number of fused-ring (bicyclic) bond motifs is 1. The van der Waals surface area contributed by atoms with Gasteiger partial charge >= 0.3 is 0 Å². The molecule has 20 heavy (non-hydrogen) atoms. The van der Waals surface area contributed by atoms with Crippen molar-refractivity contribution in [2.24, 2.45) is 5.73 Å². The van der Waals surface area contributed by atoms with Crippen molar-refractivity contribution in [1.82, 2.24) is 14.8 Å². The highest BCUT2D eigenvalue weighted by Crippen LogP contribution is 2.22. The van der Waals surface area contributed by atoms with Gasteiger partial charge in [0.05, 0.1) is 5.69 Å². The normalized spacial score (nSPS) is 24.3. The van der Waals surface area contributed by atoms with Gasteiger partial charge < -0.3 is 5.73 Å². The van der Waals surface area contributed by atoms with E-state index < -0.39 is 0 Å². The maximum Gasteiger partial charge on any atom is 0.122 e. The number of thiocarbonyl (C=S) groups is 1. The SMILES string of the molecule is NC(=S)c1cc(CN2CCCN3CCCC3C2)ccn1. The summed E-state index contributed by atoms with van der Waals surface area (Å²) in [6.07, 6.45) is 5.79. The van der Waals surface area contributed by atoms with Crippen LogP contribution in [0.3, 0.4) is 0 Å². The number of nitrogens with zero attached hydrogens (tertiary/aromatic N) is 3. The molecule has 2 saturated heterocycles. The zero-order valence-corrected chi connectivity index (χ0v) is 12.6. The van der Waals surface area contributed by atoms with Crippen LogP contribution in [0.25, 0.3) is 0 Å². The second kappa shape index (κ2) is 6.16. The molecule has 0 spiro atoms. The van der Waals surface area contributed by atoms with Crippen LogP contribution in [0.1, 0.15) is 30.5 Å². The maximum atomic E-state index is 5.66. The molecule has 0 radical (unpaired) electrons. The first kappa shape index (κ1) is 13.9. The van der Waals surface area contributed by atoms with Crippen LogP contribution >= 0.6 is 12.2 Å². The van der Waals surface area contributed by atoms with E-state index in [0.29, 0.717) is 4.99 Å². The van der Waals surface area contributed by atoms with Gasteiger partial charge in [0.25, 0.3) is 0 Å². The van der Waals surface area contributed by atoms with Crippen LogP contribution in [0.2, 0.25) is 0 Å². The molecular formula is C15H22N4S. The van der Waals surface area contributed by atoms with Crippen molar-refractivity contribution in [3.63, 3.8) is 0 Å². The maximum absolute atomic E-state index is 5.66. The fourth-order valence-electron chi connectivity index (χ4n) is 3.39. The minimum Gasteiger partial charge on any atom is -0.388 e. The standard InChI is InChI=1S/C15H22N4S/c16-15(20)14-9-12(4-5-17-14)10-18-6-2-8-19-7-1-3-13(19)11-18/h4-5,9,13H,1-3,6-8,10-11H2,(H2,16,20). The smallest absolute Gasteiger partial charge is 0.122 e. The third-order valence-electron chi connectivity index (χ3n) is 4.37. The van der Waals surface area contributed by atoms with Gasteiger partial charge in [0.15, 0.2) is 0 Å². The topological polar surface area (TPSA) is 45.4 Å². The van der Waals surface area contributed by atoms with E-state index in [1.54, 1.807) is 0 Å². The number of rotatable bonds is 3. The second-order valence-electron chi connectivity index (χ2n) is 5.83. The Morgan fingerprint density at radius 2 is 2.20 bits per heavy atom. The van der Waals surface area contributed by atoms with E-state index >= 15 is 0 Å². The first-order valence-corrected chi connectivity index (χ1v) is 7.84. The Morgan fingerprint density at radius 1 is 1.35 bits per heavy atom. The summed E-state index contributed by atoms with van der Waals surface area (Å²) in [5, 5.41) is 0. The molecule has 2 aliphatic rings. The summed E-state index contributed by atoms with van der Waals surface area (Å²) in [7, 11) is 0. The lowest BCUT2D eigenvalue weighted by molar-refractivity contribution is 0.215. The van der Waals surface area contributed by atoms with Crippen LogP contribution in [0.5, 0.6) is 0 Å². The lowest BCUT2D eigenvalue weighted by Gasteiger charge is -2.25. The van der Waals surface area contributed by atoms with E-state index in [9.17, 15) is 0 Å². The minimum absolute atomic E-state index is 0.379. The van der Waals surface area contributed by atoms with E-state index in [1.165, 1.54) is 51.0 Å². The van der Waals surface area contributed by atoms with Crippen molar-refractivity contribution in [1.29, 1.82) is 0 Å². The molecule has 0 aromatic carbocycles. The predicted octanol–water partition coefficient (Wildman–Crippen LogP) is 1.39. The van der Waals surface area contributed by atoms with Crippen LogP contribution in [0.4, 0.5) is 0 Å². The number of hydrogen-bond acceptors (Lipinski definition) is 4. The number of pyridine rings is 1. The molecule has 0 aliphatic carbocycles. The molecule has 108 valence electrons. The van der Waals surface area contributed by atoms with Crippen LogP contribution in [0, 0.1) is 0 Å². The highest BCUT2D eigenvalue weighted by Gasteiger charge is 2.28. The highest BCUT2D eigenvalue weighted by molar-refractivity contribution is 7.80. The monoisotopic (exact) mass is 290 g/mol. The van der Waals surface area contributed by atoms with E-state index in [4.69, 9.17) is 18.0 Å². The number of nitrogens with two attached hydrogens (primary N) is 1. The van der Waals surface area contributed by atoms with Gasteiger partial charge in [0, 0.05) is 25.3 Å². The van der Waals surface area contributed by atoms with E-state index in [-0.39, 0.29) is 0 Å². The molecule has 2 N–H and O–H groups in total. The summed E-state index contributed by atoms with van der Waals surface area (Å²) in [6.45, 7) is 5.89. The molecule has 1 aromatic rings. The van der Waals surface area contributed by atoms with Gasteiger partial charge in [-0.1, -0.05) is 12.2 Å². The molecule has 2 aliphatic heterocycles. The number of hydrogen-bond donors (Lipinski definition) is 1. The molecule has 0 bridgehead atoms. The molecule has 4 nitrogen and oxygen atoms in total. The van der Waals surface area contributed by atoms with Gasteiger partial charge in [-0.3, -0.25) is 14.8 Å². The van der Waals surface area contributed by atoms with Gasteiger partial charge in [-0.2, -0.15) is 0 Å². The third kappa shape index (κ3) is 3.16. The van der Waals surface area contributed by atoms with Gasteiger partial charge in [0.1, 0.15) is 4.99 Å². The van der Waals surface area contributed by atoms with Crippen molar-refractivity contribution in [3.05, 3.63) is 29.6 Å². The molecule has 0 saturated carbocycles. The van der Waals surface area contributed by atoms with Crippen LogP contribution in [-0.4, -0.2) is 52.0 Å². The fourth-order valence-corrected chi connectivity index (χ4v) is 3.50. The quantitative estimate of drug-likeness (QED) is 0.852. The molecule has 1 unspecified atom stereocenters. The minimum atomic E-state index is 0.379. The van der Waals surface area contributed by atoms with Crippen molar-refractivity contribution in [2.75, 3.05) is 26.2 Å². The van der Waals surface area contributed by atoms with Crippen molar-refractivity contribution in [3.8, 4) is 0 Å². The van der Waals surface area contributed by atoms with Gasteiger partial charge in [-0.05, 0) is 56.6 Å². The molecule has 1 atom stereocenters. The average molecular weight is 290 g/mol. The largest absolute Gasteiger partial charge is 0.388 e. The van der Waals surface area contributed by atoms with E-state index in [1.807, 2.05) is 12.3 Å². The van der Waals surface area contributed by atoms with Gasteiger partial charge in [0.2, 0.25) is 0 Å². The summed E-state index contributed by atoms with van der Waals surface area (Å²) < 4.78 is 0. The molecule has 0 amide bonds. The first-order chi connectivity index (χ1) is 9.72. The summed E-state index contributed by atoms with van der Waals surface area (Å²) in [4.78, 5) is 9.81. The molecule has 5 heteroatoms. The Balaban J connectivity index is 1.67. The lowest BCUT2D eigenvalue weighted by atomic mass is 10.1. The Labute approximate surface area is 126 Å². The Bertz CT molecular complexity index is 491. The molecule has 1 aromatic heterocycles.